The van der Waals surface area contributed by atoms with Crippen LogP contribution in [0.2, 0.25) is 0 Å². The van der Waals surface area contributed by atoms with Gasteiger partial charge < -0.3 is 25.6 Å². The molecule has 0 aromatic heterocycles. The average Bonchev–Trinajstić information content (AvgIpc) is 2.97. The third-order valence-electron chi connectivity index (χ3n) is 7.26. The molecule has 0 saturated heterocycles. The molecule has 0 spiro atoms. The van der Waals surface area contributed by atoms with Crippen molar-refractivity contribution in [1.29, 1.82) is 0 Å². The summed E-state index contributed by atoms with van der Waals surface area (Å²) in [5.41, 5.74) is 0. The second kappa shape index (κ2) is 28.7. The van der Waals surface area contributed by atoms with Gasteiger partial charge in [0.1, 0.15) is 12.1 Å². The van der Waals surface area contributed by atoms with Gasteiger partial charge in [-0.05, 0) is 64.2 Å². The SMILES string of the molecule is CCCCC/C=C\CCCCCCCC(=O)OC(CCCCCC)CCCCCC(=O)NCC(=O)NC(CO)C(=O)O. The van der Waals surface area contributed by atoms with Crippen LogP contribution in [-0.4, -0.2) is 59.3 Å². The standard InChI is InChI=1S/C33H60N2O7/c1-3-5-7-9-10-11-12-13-14-15-16-21-25-32(39)42-28(22-18-8-6-4-2)23-19-17-20-24-30(37)34-26-31(38)35-29(27-36)33(40)41/h10-11,28-29,36H,3-9,12-27H2,1-2H3,(H,34,37)(H,35,38)(H,40,41)/b11-10-. The first-order valence-electron chi connectivity index (χ1n) is 16.6. The number of allylic oxidation sites excluding steroid dienone is 2. The van der Waals surface area contributed by atoms with Crippen LogP contribution in [0.1, 0.15) is 149 Å². The zero-order valence-corrected chi connectivity index (χ0v) is 26.5. The first-order valence-corrected chi connectivity index (χ1v) is 16.6. The van der Waals surface area contributed by atoms with Crippen LogP contribution in [0.3, 0.4) is 0 Å². The Morgan fingerprint density at radius 3 is 1.83 bits per heavy atom. The predicted octanol–water partition coefficient (Wildman–Crippen LogP) is 6.36. The van der Waals surface area contributed by atoms with E-state index >= 15 is 0 Å². The van der Waals surface area contributed by atoms with Gasteiger partial charge in [0, 0.05) is 12.8 Å². The molecule has 42 heavy (non-hydrogen) atoms. The van der Waals surface area contributed by atoms with Gasteiger partial charge >= 0.3 is 11.9 Å². The molecule has 2 amide bonds. The number of aliphatic hydroxyl groups excluding tert-OH is 1. The highest BCUT2D eigenvalue weighted by Crippen LogP contribution is 2.17. The fourth-order valence-corrected chi connectivity index (χ4v) is 4.65. The van der Waals surface area contributed by atoms with Crippen molar-refractivity contribution in [2.24, 2.45) is 0 Å². The summed E-state index contributed by atoms with van der Waals surface area (Å²) in [6.07, 6.45) is 25.5. The number of unbranched alkanes of at least 4 members (excludes halogenated alkanes) is 13. The quantitative estimate of drug-likeness (QED) is 0.0447. The molecule has 0 rings (SSSR count). The first kappa shape index (κ1) is 39.6. The smallest absolute Gasteiger partial charge is 0.328 e. The molecule has 4 N–H and O–H groups in total. The molecular formula is C33H60N2O7. The van der Waals surface area contributed by atoms with Crippen LogP contribution in [-0.2, 0) is 23.9 Å². The number of aliphatic hydroxyl groups is 1. The van der Waals surface area contributed by atoms with Crippen molar-refractivity contribution in [2.45, 2.75) is 161 Å². The number of carbonyl (C=O) groups excluding carboxylic acids is 3. The van der Waals surface area contributed by atoms with Crippen LogP contribution in [0.25, 0.3) is 0 Å². The maximum Gasteiger partial charge on any atom is 0.328 e. The predicted molar refractivity (Wildman–Crippen MR) is 167 cm³/mol. The summed E-state index contributed by atoms with van der Waals surface area (Å²) in [7, 11) is 0. The number of hydrogen-bond acceptors (Lipinski definition) is 6. The van der Waals surface area contributed by atoms with Crippen molar-refractivity contribution >= 4 is 23.8 Å². The fraction of sp³-hybridized carbons (Fsp3) is 0.818. The number of carbonyl (C=O) groups is 4. The van der Waals surface area contributed by atoms with E-state index in [4.69, 9.17) is 14.9 Å². The van der Waals surface area contributed by atoms with Gasteiger partial charge in [-0.3, -0.25) is 14.4 Å². The maximum absolute atomic E-state index is 12.5. The number of amides is 2. The number of nitrogens with one attached hydrogen (secondary N) is 2. The first-order chi connectivity index (χ1) is 20.3. The van der Waals surface area contributed by atoms with Gasteiger partial charge in [0.2, 0.25) is 11.8 Å². The summed E-state index contributed by atoms with van der Waals surface area (Å²) in [5, 5.41) is 22.4. The number of esters is 1. The lowest BCUT2D eigenvalue weighted by Gasteiger charge is -2.18. The van der Waals surface area contributed by atoms with Gasteiger partial charge in [-0.2, -0.15) is 0 Å². The molecule has 0 radical (unpaired) electrons. The largest absolute Gasteiger partial charge is 0.480 e. The summed E-state index contributed by atoms with van der Waals surface area (Å²) in [5.74, 6) is -2.40. The number of hydrogen-bond donors (Lipinski definition) is 4. The highest BCUT2D eigenvalue weighted by Gasteiger charge is 2.19. The molecular weight excluding hydrogens is 536 g/mol. The van der Waals surface area contributed by atoms with E-state index in [1.807, 2.05) is 0 Å². The van der Waals surface area contributed by atoms with Gasteiger partial charge in [0.15, 0.2) is 0 Å². The third-order valence-corrected chi connectivity index (χ3v) is 7.26. The minimum Gasteiger partial charge on any atom is -0.480 e. The van der Waals surface area contributed by atoms with E-state index in [2.05, 4.69) is 36.6 Å². The summed E-state index contributed by atoms with van der Waals surface area (Å²) in [6.45, 7) is 3.34. The Kier molecular flexibility index (Phi) is 27.0. The van der Waals surface area contributed by atoms with Crippen molar-refractivity contribution < 1.29 is 34.1 Å². The van der Waals surface area contributed by atoms with Crippen LogP contribution in [0, 0.1) is 0 Å². The lowest BCUT2D eigenvalue weighted by atomic mass is 10.0. The number of rotatable bonds is 29. The molecule has 0 bridgehead atoms. The van der Waals surface area contributed by atoms with E-state index in [0.29, 0.717) is 12.8 Å². The van der Waals surface area contributed by atoms with Gasteiger partial charge in [-0.15, -0.1) is 0 Å². The number of carboxylic acids is 1. The number of carboxylic acid groups (broad SMARTS) is 1. The molecule has 0 aliphatic carbocycles. The molecule has 0 aliphatic heterocycles. The molecule has 0 aromatic rings. The van der Waals surface area contributed by atoms with Gasteiger partial charge in [0.25, 0.3) is 0 Å². The minimum atomic E-state index is -1.39. The molecule has 0 heterocycles. The van der Waals surface area contributed by atoms with Gasteiger partial charge in [0.05, 0.1) is 13.2 Å². The molecule has 244 valence electrons. The van der Waals surface area contributed by atoms with Crippen LogP contribution in [0.4, 0.5) is 0 Å². The Hall–Kier alpha value is -2.42. The molecule has 0 aromatic carbocycles. The summed E-state index contributed by atoms with van der Waals surface area (Å²) >= 11 is 0. The Morgan fingerprint density at radius 2 is 1.21 bits per heavy atom. The van der Waals surface area contributed by atoms with E-state index in [1.165, 1.54) is 44.9 Å². The van der Waals surface area contributed by atoms with Crippen molar-refractivity contribution in [2.75, 3.05) is 13.2 Å². The second-order valence-electron chi connectivity index (χ2n) is 11.3. The monoisotopic (exact) mass is 596 g/mol. The van der Waals surface area contributed by atoms with Crippen molar-refractivity contribution in [3.05, 3.63) is 12.2 Å². The lowest BCUT2D eigenvalue weighted by Crippen LogP contribution is -2.47. The molecule has 0 aliphatic rings. The Labute approximate surface area is 254 Å². The van der Waals surface area contributed by atoms with E-state index in [9.17, 15) is 19.2 Å². The molecule has 0 fully saturated rings. The van der Waals surface area contributed by atoms with Crippen molar-refractivity contribution in [1.82, 2.24) is 10.6 Å². The molecule has 9 heteroatoms. The maximum atomic E-state index is 12.5. The van der Waals surface area contributed by atoms with Crippen LogP contribution in [0.15, 0.2) is 12.2 Å². The highest BCUT2D eigenvalue weighted by atomic mass is 16.5. The second-order valence-corrected chi connectivity index (χ2v) is 11.3. The topological polar surface area (TPSA) is 142 Å². The normalized spacial score (nSPS) is 12.6. The zero-order chi connectivity index (χ0) is 31.3. The van der Waals surface area contributed by atoms with E-state index in [-0.39, 0.29) is 30.9 Å². The Morgan fingerprint density at radius 1 is 0.690 bits per heavy atom. The average molecular weight is 597 g/mol. The van der Waals surface area contributed by atoms with Crippen LogP contribution < -0.4 is 10.6 Å². The Bertz CT molecular complexity index is 742. The van der Waals surface area contributed by atoms with Crippen LogP contribution in [0.5, 0.6) is 0 Å². The Balaban J connectivity index is 4.13. The minimum absolute atomic E-state index is 0.0790. The molecule has 9 nitrogen and oxygen atoms in total. The molecule has 2 unspecified atom stereocenters. The third kappa shape index (κ3) is 25.3. The number of aliphatic carboxylic acids is 1. The molecule has 2 atom stereocenters. The van der Waals surface area contributed by atoms with E-state index in [0.717, 1.165) is 70.6 Å². The summed E-state index contributed by atoms with van der Waals surface area (Å²) in [6, 6.07) is -1.39. The highest BCUT2D eigenvalue weighted by molar-refractivity contribution is 5.87. The van der Waals surface area contributed by atoms with Crippen molar-refractivity contribution in [3.63, 3.8) is 0 Å². The summed E-state index contributed by atoms with van der Waals surface area (Å²) < 4.78 is 5.85. The van der Waals surface area contributed by atoms with Crippen LogP contribution >= 0.6 is 0 Å². The van der Waals surface area contributed by atoms with E-state index in [1.54, 1.807) is 0 Å². The van der Waals surface area contributed by atoms with E-state index < -0.39 is 24.5 Å². The van der Waals surface area contributed by atoms with Crippen molar-refractivity contribution in [3.8, 4) is 0 Å². The lowest BCUT2D eigenvalue weighted by molar-refractivity contribution is -0.150. The summed E-state index contributed by atoms with van der Waals surface area (Å²) in [4.78, 5) is 47.1. The molecule has 0 saturated carbocycles. The fourth-order valence-electron chi connectivity index (χ4n) is 4.65. The van der Waals surface area contributed by atoms with Gasteiger partial charge in [-0.1, -0.05) is 83.8 Å². The number of ether oxygens (including phenoxy) is 1. The zero-order valence-electron chi connectivity index (χ0n) is 26.5. The van der Waals surface area contributed by atoms with Gasteiger partial charge in [-0.25, -0.2) is 4.79 Å².